The lowest BCUT2D eigenvalue weighted by Gasteiger charge is -2.32. The molecular weight excluding hydrogens is 404 g/mol. The Morgan fingerprint density at radius 1 is 1.10 bits per heavy atom. The highest BCUT2D eigenvalue weighted by Crippen LogP contribution is 2.30. The van der Waals surface area contributed by atoms with E-state index in [0.29, 0.717) is 30.9 Å². The maximum Gasteiger partial charge on any atom is 0.243 e. The van der Waals surface area contributed by atoms with E-state index in [1.54, 1.807) is 50.6 Å². The van der Waals surface area contributed by atoms with Crippen molar-refractivity contribution in [3.05, 3.63) is 54.1 Å². The van der Waals surface area contributed by atoms with Crippen molar-refractivity contribution < 1.29 is 22.7 Å². The Bertz CT molecular complexity index is 978. The van der Waals surface area contributed by atoms with Gasteiger partial charge in [-0.25, -0.2) is 8.42 Å². The summed E-state index contributed by atoms with van der Waals surface area (Å²) in [6.45, 7) is 2.49. The number of benzene rings is 2. The van der Waals surface area contributed by atoms with Crippen molar-refractivity contribution in [2.24, 2.45) is 5.92 Å². The van der Waals surface area contributed by atoms with Crippen molar-refractivity contribution in [3.63, 3.8) is 0 Å². The molecular formula is C22H28N2O5S. The van der Waals surface area contributed by atoms with Crippen LogP contribution in [0.1, 0.15) is 31.4 Å². The van der Waals surface area contributed by atoms with Crippen molar-refractivity contribution >= 4 is 15.9 Å². The normalized spacial score (nSPS) is 18.4. The van der Waals surface area contributed by atoms with E-state index in [1.165, 1.54) is 4.31 Å². The van der Waals surface area contributed by atoms with Crippen molar-refractivity contribution in [3.8, 4) is 11.5 Å². The van der Waals surface area contributed by atoms with Crippen molar-refractivity contribution in [1.29, 1.82) is 0 Å². The largest absolute Gasteiger partial charge is 0.493 e. The van der Waals surface area contributed by atoms with E-state index in [2.05, 4.69) is 5.32 Å². The predicted molar refractivity (Wildman–Crippen MR) is 114 cm³/mol. The fourth-order valence-electron chi connectivity index (χ4n) is 3.65. The second-order valence-corrected chi connectivity index (χ2v) is 9.30. The molecule has 2 atom stereocenters. The van der Waals surface area contributed by atoms with Gasteiger partial charge in [0.1, 0.15) is 0 Å². The summed E-state index contributed by atoms with van der Waals surface area (Å²) in [4.78, 5) is 13.1. The third-order valence-corrected chi connectivity index (χ3v) is 7.28. The van der Waals surface area contributed by atoms with Crippen molar-refractivity contribution in [2.75, 3.05) is 27.3 Å². The minimum absolute atomic E-state index is 0.148. The summed E-state index contributed by atoms with van der Waals surface area (Å²) in [7, 11) is -0.468. The number of amides is 1. The number of piperidine rings is 1. The van der Waals surface area contributed by atoms with Gasteiger partial charge in [-0.3, -0.25) is 4.79 Å². The van der Waals surface area contributed by atoms with Gasteiger partial charge in [0.05, 0.1) is 31.1 Å². The number of ether oxygens (including phenoxy) is 2. The average molecular weight is 433 g/mol. The molecule has 30 heavy (non-hydrogen) atoms. The molecule has 1 aliphatic rings. The van der Waals surface area contributed by atoms with Crippen LogP contribution >= 0.6 is 0 Å². The van der Waals surface area contributed by atoms with Crippen LogP contribution in [0.5, 0.6) is 11.5 Å². The van der Waals surface area contributed by atoms with Crippen LogP contribution in [0.3, 0.4) is 0 Å². The first-order valence-electron chi connectivity index (χ1n) is 9.94. The molecule has 0 unspecified atom stereocenters. The number of methoxy groups -OCH3 is 2. The zero-order chi connectivity index (χ0) is 21.7. The number of hydrogen-bond donors (Lipinski definition) is 1. The lowest BCUT2D eigenvalue weighted by atomic mass is 9.98. The fraction of sp³-hybridized carbons (Fsp3) is 0.409. The third-order valence-electron chi connectivity index (χ3n) is 5.40. The van der Waals surface area contributed by atoms with Gasteiger partial charge in [0.15, 0.2) is 11.5 Å². The molecule has 1 fully saturated rings. The van der Waals surface area contributed by atoms with Gasteiger partial charge in [0.2, 0.25) is 15.9 Å². The van der Waals surface area contributed by atoms with Gasteiger partial charge in [-0.1, -0.05) is 24.3 Å². The molecule has 162 valence electrons. The molecule has 1 aliphatic heterocycles. The molecule has 0 aromatic heterocycles. The van der Waals surface area contributed by atoms with E-state index in [-0.39, 0.29) is 29.3 Å². The van der Waals surface area contributed by atoms with Crippen molar-refractivity contribution in [1.82, 2.24) is 9.62 Å². The van der Waals surface area contributed by atoms with Crippen LogP contribution in [0.15, 0.2) is 53.4 Å². The molecule has 1 amide bonds. The summed E-state index contributed by atoms with van der Waals surface area (Å²) in [5, 5.41) is 3.01. The number of carbonyl (C=O) groups is 1. The number of rotatable bonds is 7. The second kappa shape index (κ2) is 9.49. The van der Waals surface area contributed by atoms with Gasteiger partial charge in [0.25, 0.3) is 0 Å². The van der Waals surface area contributed by atoms with E-state index in [0.717, 1.165) is 5.56 Å². The van der Waals surface area contributed by atoms with Crippen LogP contribution in [0.2, 0.25) is 0 Å². The summed E-state index contributed by atoms with van der Waals surface area (Å²) < 4.78 is 37.8. The molecule has 0 aliphatic carbocycles. The van der Waals surface area contributed by atoms with Gasteiger partial charge in [-0.15, -0.1) is 0 Å². The third kappa shape index (κ3) is 4.76. The average Bonchev–Trinajstić information content (AvgIpc) is 2.79. The standard InChI is InChI=1S/C22H28N2O5S/c1-16(17-11-12-20(28-2)21(14-17)29-3)23-22(25)18-8-7-13-24(15-18)30(26,27)19-9-5-4-6-10-19/h4-6,9-12,14,16,18H,7-8,13,15H2,1-3H3,(H,23,25)/t16-,18-/m1/s1. The second-order valence-electron chi connectivity index (χ2n) is 7.36. The van der Waals surface area contributed by atoms with Gasteiger partial charge in [0, 0.05) is 13.1 Å². The topological polar surface area (TPSA) is 84.9 Å². The highest BCUT2D eigenvalue weighted by molar-refractivity contribution is 7.89. The van der Waals surface area contributed by atoms with Crippen LogP contribution in [-0.4, -0.2) is 45.9 Å². The molecule has 2 aromatic rings. The molecule has 7 nitrogen and oxygen atoms in total. The lowest BCUT2D eigenvalue weighted by molar-refractivity contribution is -0.126. The Balaban J connectivity index is 1.68. The zero-order valence-corrected chi connectivity index (χ0v) is 18.3. The molecule has 0 saturated carbocycles. The van der Waals surface area contributed by atoms with Crippen LogP contribution in [0.25, 0.3) is 0 Å². The number of hydrogen-bond acceptors (Lipinski definition) is 5. The van der Waals surface area contributed by atoms with Gasteiger partial charge in [-0.2, -0.15) is 4.31 Å². The Labute approximate surface area is 178 Å². The van der Waals surface area contributed by atoms with Gasteiger partial charge in [-0.05, 0) is 49.6 Å². The Morgan fingerprint density at radius 3 is 2.47 bits per heavy atom. The fourth-order valence-corrected chi connectivity index (χ4v) is 5.20. The van der Waals surface area contributed by atoms with Crippen LogP contribution in [-0.2, 0) is 14.8 Å². The molecule has 8 heteroatoms. The molecule has 2 aromatic carbocycles. The maximum absolute atomic E-state index is 12.9. The number of sulfonamides is 1. The summed E-state index contributed by atoms with van der Waals surface area (Å²) >= 11 is 0. The first kappa shape index (κ1) is 22.1. The van der Waals surface area contributed by atoms with Crippen LogP contribution in [0, 0.1) is 5.92 Å². The summed E-state index contributed by atoms with van der Waals surface area (Å²) in [5.41, 5.74) is 0.880. The zero-order valence-electron chi connectivity index (χ0n) is 17.5. The van der Waals surface area contributed by atoms with Gasteiger partial charge < -0.3 is 14.8 Å². The molecule has 1 saturated heterocycles. The van der Waals surface area contributed by atoms with E-state index in [9.17, 15) is 13.2 Å². The van der Waals surface area contributed by atoms with E-state index < -0.39 is 10.0 Å². The maximum atomic E-state index is 12.9. The predicted octanol–water partition coefficient (Wildman–Crippen LogP) is 2.98. The van der Waals surface area contributed by atoms with E-state index in [4.69, 9.17) is 9.47 Å². The minimum Gasteiger partial charge on any atom is -0.493 e. The summed E-state index contributed by atoms with van der Waals surface area (Å²) in [6.07, 6.45) is 1.31. The quantitative estimate of drug-likeness (QED) is 0.727. The molecule has 0 bridgehead atoms. The smallest absolute Gasteiger partial charge is 0.243 e. The molecule has 3 rings (SSSR count). The summed E-state index contributed by atoms with van der Waals surface area (Å²) in [6, 6.07) is 13.6. The highest BCUT2D eigenvalue weighted by Gasteiger charge is 2.33. The molecule has 1 N–H and O–H groups in total. The van der Waals surface area contributed by atoms with Crippen LogP contribution < -0.4 is 14.8 Å². The monoisotopic (exact) mass is 432 g/mol. The SMILES string of the molecule is COc1ccc([C@@H](C)NC(=O)[C@@H]2CCCN(S(=O)(=O)c3ccccc3)C2)cc1OC. The Kier molecular flexibility index (Phi) is 6.99. The minimum atomic E-state index is -3.60. The Hall–Kier alpha value is -2.58. The number of nitrogens with one attached hydrogen (secondary N) is 1. The first-order chi connectivity index (χ1) is 14.4. The molecule has 0 spiro atoms. The number of nitrogens with zero attached hydrogens (tertiary/aromatic N) is 1. The lowest BCUT2D eigenvalue weighted by Crippen LogP contribution is -2.45. The molecule has 0 radical (unpaired) electrons. The van der Waals surface area contributed by atoms with Gasteiger partial charge >= 0.3 is 0 Å². The highest BCUT2D eigenvalue weighted by atomic mass is 32.2. The first-order valence-corrected chi connectivity index (χ1v) is 11.4. The summed E-state index contributed by atoms with van der Waals surface area (Å²) in [5.74, 6) is 0.674. The van der Waals surface area contributed by atoms with Crippen molar-refractivity contribution in [2.45, 2.75) is 30.7 Å². The molecule has 1 heterocycles. The number of carbonyl (C=O) groups excluding carboxylic acids is 1. The Morgan fingerprint density at radius 2 is 1.80 bits per heavy atom. The van der Waals surface area contributed by atoms with Crippen LogP contribution in [0.4, 0.5) is 0 Å². The van der Waals surface area contributed by atoms with E-state index >= 15 is 0 Å². The van der Waals surface area contributed by atoms with E-state index in [1.807, 2.05) is 19.1 Å².